The van der Waals surface area contributed by atoms with E-state index in [4.69, 9.17) is 4.74 Å². The fourth-order valence-electron chi connectivity index (χ4n) is 2.22. The van der Waals surface area contributed by atoms with Crippen molar-refractivity contribution in [2.75, 3.05) is 24.3 Å². The van der Waals surface area contributed by atoms with E-state index in [-0.39, 0.29) is 29.3 Å². The number of carbonyl (C=O) groups is 1. The smallest absolute Gasteiger partial charge is 0.293 e. The Bertz CT molecular complexity index is 868. The molecule has 0 aliphatic rings. The number of hydrogen-bond acceptors (Lipinski definition) is 7. The molecule has 0 heterocycles. The standard InChI is InChI=1S/C16H16N4O6/c1-10-3-5-12(14(7-10)20(24)25)18-16(21)9-17-13-8-11(19(22)23)4-6-15(13)26-2/h3-8,17H,9H2,1-2H3,(H,18,21). The van der Waals surface area contributed by atoms with Gasteiger partial charge in [-0.2, -0.15) is 0 Å². The van der Waals surface area contributed by atoms with Gasteiger partial charge in [0.15, 0.2) is 0 Å². The highest BCUT2D eigenvalue weighted by atomic mass is 16.6. The molecule has 2 rings (SSSR count). The Labute approximate surface area is 148 Å². The normalized spacial score (nSPS) is 10.1. The van der Waals surface area contributed by atoms with Gasteiger partial charge in [0, 0.05) is 18.2 Å². The van der Waals surface area contributed by atoms with Gasteiger partial charge >= 0.3 is 0 Å². The van der Waals surface area contributed by atoms with E-state index in [0.29, 0.717) is 11.3 Å². The first-order chi connectivity index (χ1) is 12.3. The molecule has 26 heavy (non-hydrogen) atoms. The van der Waals surface area contributed by atoms with E-state index in [9.17, 15) is 25.0 Å². The lowest BCUT2D eigenvalue weighted by atomic mass is 10.2. The second kappa shape index (κ2) is 7.92. The minimum absolute atomic E-state index is 0.0680. The van der Waals surface area contributed by atoms with Crippen molar-refractivity contribution in [1.82, 2.24) is 0 Å². The van der Waals surface area contributed by atoms with Crippen molar-refractivity contribution < 1.29 is 19.4 Å². The van der Waals surface area contributed by atoms with E-state index in [1.807, 2.05) is 0 Å². The molecule has 0 fully saturated rings. The molecule has 2 N–H and O–H groups in total. The molecule has 10 heteroatoms. The number of nitro benzene ring substituents is 2. The fourth-order valence-corrected chi connectivity index (χ4v) is 2.22. The number of methoxy groups -OCH3 is 1. The summed E-state index contributed by atoms with van der Waals surface area (Å²) in [6.07, 6.45) is 0. The minimum atomic E-state index is -0.584. The number of nitrogens with zero attached hydrogens (tertiary/aromatic N) is 2. The summed E-state index contributed by atoms with van der Waals surface area (Å²) in [5.41, 5.74) is 0.636. The van der Waals surface area contributed by atoms with Gasteiger partial charge in [0.1, 0.15) is 11.4 Å². The van der Waals surface area contributed by atoms with Crippen molar-refractivity contribution in [2.24, 2.45) is 0 Å². The van der Waals surface area contributed by atoms with E-state index in [0.717, 1.165) is 0 Å². The molecule has 0 spiro atoms. The number of nitro groups is 2. The minimum Gasteiger partial charge on any atom is -0.495 e. The predicted octanol–water partition coefficient (Wildman–Crippen LogP) is 2.87. The largest absolute Gasteiger partial charge is 0.495 e. The molecular weight excluding hydrogens is 344 g/mol. The van der Waals surface area contributed by atoms with Crippen LogP contribution in [0.25, 0.3) is 0 Å². The number of non-ortho nitro benzene ring substituents is 1. The second-order valence-electron chi connectivity index (χ2n) is 5.32. The molecule has 2 aromatic rings. The maximum atomic E-state index is 12.1. The number of hydrogen-bond donors (Lipinski definition) is 2. The molecule has 10 nitrogen and oxygen atoms in total. The first-order valence-electron chi connectivity index (χ1n) is 7.43. The van der Waals surface area contributed by atoms with Crippen LogP contribution < -0.4 is 15.4 Å². The average Bonchev–Trinajstić information content (AvgIpc) is 2.60. The molecule has 1 amide bonds. The summed E-state index contributed by atoms with van der Waals surface area (Å²) in [4.78, 5) is 32.9. The first kappa shape index (κ1) is 18.6. The maximum Gasteiger partial charge on any atom is 0.293 e. The Hall–Kier alpha value is -3.69. The SMILES string of the molecule is COc1ccc([N+](=O)[O-])cc1NCC(=O)Nc1ccc(C)cc1[N+](=O)[O-]. The topological polar surface area (TPSA) is 137 Å². The van der Waals surface area contributed by atoms with Gasteiger partial charge in [-0.05, 0) is 24.6 Å². The summed E-state index contributed by atoms with van der Waals surface area (Å²) >= 11 is 0. The molecule has 0 radical (unpaired) electrons. The lowest BCUT2D eigenvalue weighted by Crippen LogP contribution is -2.22. The summed E-state index contributed by atoms with van der Waals surface area (Å²) in [5.74, 6) is -0.227. The molecule has 0 saturated carbocycles. The van der Waals surface area contributed by atoms with E-state index in [1.54, 1.807) is 13.0 Å². The van der Waals surface area contributed by atoms with Crippen LogP contribution in [0.15, 0.2) is 36.4 Å². The van der Waals surface area contributed by atoms with Crippen LogP contribution in [-0.4, -0.2) is 29.4 Å². The van der Waals surface area contributed by atoms with Crippen LogP contribution >= 0.6 is 0 Å². The van der Waals surface area contributed by atoms with Crippen LogP contribution in [0, 0.1) is 27.2 Å². The molecule has 0 bridgehead atoms. The van der Waals surface area contributed by atoms with Gasteiger partial charge in [-0.25, -0.2) is 0 Å². The number of carbonyl (C=O) groups excluding carboxylic acids is 1. The number of benzene rings is 2. The molecule has 136 valence electrons. The first-order valence-corrected chi connectivity index (χ1v) is 7.43. The highest BCUT2D eigenvalue weighted by Crippen LogP contribution is 2.29. The van der Waals surface area contributed by atoms with Gasteiger partial charge in [-0.3, -0.25) is 25.0 Å². The van der Waals surface area contributed by atoms with E-state index < -0.39 is 15.8 Å². The number of anilines is 2. The van der Waals surface area contributed by atoms with E-state index in [2.05, 4.69) is 10.6 Å². The predicted molar refractivity (Wildman–Crippen MR) is 94.6 cm³/mol. The van der Waals surface area contributed by atoms with Crippen molar-refractivity contribution in [3.8, 4) is 5.75 Å². The van der Waals surface area contributed by atoms with Gasteiger partial charge in [-0.1, -0.05) is 6.07 Å². The Morgan fingerprint density at radius 3 is 2.42 bits per heavy atom. The van der Waals surface area contributed by atoms with Gasteiger partial charge in [0.2, 0.25) is 5.91 Å². The van der Waals surface area contributed by atoms with Crippen molar-refractivity contribution in [2.45, 2.75) is 6.92 Å². The highest BCUT2D eigenvalue weighted by molar-refractivity contribution is 5.96. The van der Waals surface area contributed by atoms with Gasteiger partial charge in [0.05, 0.1) is 29.2 Å². The third-order valence-electron chi connectivity index (χ3n) is 3.46. The molecule has 0 aliphatic heterocycles. The summed E-state index contributed by atoms with van der Waals surface area (Å²) in [6, 6.07) is 8.36. The van der Waals surface area contributed by atoms with Gasteiger partial charge in [0.25, 0.3) is 11.4 Å². The summed E-state index contributed by atoms with van der Waals surface area (Å²) < 4.78 is 5.09. The molecule has 0 aliphatic carbocycles. The zero-order valence-electron chi connectivity index (χ0n) is 14.0. The van der Waals surface area contributed by atoms with Crippen molar-refractivity contribution in [3.05, 3.63) is 62.2 Å². The highest BCUT2D eigenvalue weighted by Gasteiger charge is 2.17. The molecule has 0 atom stereocenters. The molecule has 2 aromatic carbocycles. The van der Waals surface area contributed by atoms with Crippen LogP contribution in [0.4, 0.5) is 22.7 Å². The second-order valence-corrected chi connectivity index (χ2v) is 5.32. The molecular formula is C16H16N4O6. The molecule has 0 unspecified atom stereocenters. The summed E-state index contributed by atoms with van der Waals surface area (Å²) in [7, 11) is 1.39. The van der Waals surface area contributed by atoms with Crippen molar-refractivity contribution >= 4 is 28.7 Å². The van der Waals surface area contributed by atoms with Gasteiger partial charge < -0.3 is 15.4 Å². The number of rotatable bonds is 7. The monoisotopic (exact) mass is 360 g/mol. The lowest BCUT2D eigenvalue weighted by Gasteiger charge is -2.11. The van der Waals surface area contributed by atoms with Crippen molar-refractivity contribution in [1.29, 1.82) is 0 Å². The maximum absolute atomic E-state index is 12.1. The third-order valence-corrected chi connectivity index (χ3v) is 3.46. The van der Waals surface area contributed by atoms with Crippen LogP contribution in [-0.2, 0) is 4.79 Å². The molecule has 0 aromatic heterocycles. The Morgan fingerprint density at radius 2 is 1.81 bits per heavy atom. The third kappa shape index (κ3) is 4.44. The Balaban J connectivity index is 2.11. The Kier molecular flexibility index (Phi) is 5.68. The summed E-state index contributed by atoms with van der Waals surface area (Å²) in [5, 5.41) is 27.1. The Morgan fingerprint density at radius 1 is 1.08 bits per heavy atom. The summed E-state index contributed by atoms with van der Waals surface area (Å²) in [6.45, 7) is 1.44. The zero-order valence-corrected chi connectivity index (χ0v) is 14.0. The number of aryl methyl sites for hydroxylation is 1. The number of ether oxygens (including phenoxy) is 1. The van der Waals surface area contributed by atoms with Crippen LogP contribution in [0.2, 0.25) is 0 Å². The zero-order chi connectivity index (χ0) is 19.3. The quantitative estimate of drug-likeness (QED) is 0.572. The average molecular weight is 360 g/mol. The van der Waals surface area contributed by atoms with Crippen molar-refractivity contribution in [3.63, 3.8) is 0 Å². The molecule has 0 saturated heterocycles. The van der Waals surface area contributed by atoms with Crippen LogP contribution in [0.1, 0.15) is 5.56 Å². The van der Waals surface area contributed by atoms with E-state index in [1.165, 1.54) is 37.4 Å². The fraction of sp³-hybridized carbons (Fsp3) is 0.188. The van der Waals surface area contributed by atoms with Gasteiger partial charge in [-0.15, -0.1) is 0 Å². The number of nitrogens with one attached hydrogen (secondary N) is 2. The lowest BCUT2D eigenvalue weighted by molar-refractivity contribution is -0.384. The van der Waals surface area contributed by atoms with Crippen LogP contribution in [0.5, 0.6) is 5.75 Å². The van der Waals surface area contributed by atoms with E-state index >= 15 is 0 Å². The van der Waals surface area contributed by atoms with Crippen LogP contribution in [0.3, 0.4) is 0 Å². The number of amides is 1.